The molecule has 0 aliphatic carbocycles. The van der Waals surface area contributed by atoms with Gasteiger partial charge in [-0.25, -0.2) is 9.48 Å². The molecule has 1 heterocycles. The minimum Gasteiger partial charge on any atom is -0.478 e. The number of aromatic nitrogens is 2. The first-order valence-corrected chi connectivity index (χ1v) is 7.37. The number of benzene rings is 2. The lowest BCUT2D eigenvalue weighted by Gasteiger charge is -2.13. The lowest BCUT2D eigenvalue weighted by atomic mass is 10.1. The number of hydrogen-bond acceptors (Lipinski definition) is 3. The molecular formula is C18H14F2N2O3. The highest BCUT2D eigenvalue weighted by Crippen LogP contribution is 2.24. The zero-order valence-corrected chi connectivity index (χ0v) is 13.2. The second kappa shape index (κ2) is 6.35. The van der Waals surface area contributed by atoms with Crippen molar-refractivity contribution < 1.29 is 23.4 Å². The molecule has 0 amide bonds. The molecule has 25 heavy (non-hydrogen) atoms. The van der Waals surface area contributed by atoms with Crippen LogP contribution in [-0.2, 0) is 0 Å². The van der Waals surface area contributed by atoms with E-state index in [0.717, 1.165) is 11.1 Å². The average Bonchev–Trinajstić information content (AvgIpc) is 3.04. The monoisotopic (exact) mass is 344 g/mol. The first kappa shape index (κ1) is 16.6. The molecule has 0 spiro atoms. The highest BCUT2D eigenvalue weighted by atomic mass is 19.3. The van der Waals surface area contributed by atoms with Crippen molar-refractivity contribution in [1.82, 2.24) is 9.78 Å². The summed E-state index contributed by atoms with van der Waals surface area (Å²) < 4.78 is 31.7. The lowest BCUT2D eigenvalue weighted by molar-refractivity contribution is -0.158. The molecule has 0 saturated heterocycles. The predicted octanol–water partition coefficient (Wildman–Crippen LogP) is 4.23. The quantitative estimate of drug-likeness (QED) is 0.752. The smallest absolute Gasteiger partial charge is 0.394 e. The number of hydrogen-bond donors (Lipinski definition) is 1. The number of aromatic carboxylic acids is 1. The summed E-state index contributed by atoms with van der Waals surface area (Å²) in [5, 5.41) is 13.2. The Hall–Kier alpha value is -3.22. The fourth-order valence-electron chi connectivity index (χ4n) is 2.29. The zero-order chi connectivity index (χ0) is 18.0. The molecule has 0 bridgehead atoms. The molecule has 7 heteroatoms. The number of carbonyl (C=O) groups is 1. The third-order valence-electron chi connectivity index (χ3n) is 3.45. The van der Waals surface area contributed by atoms with Gasteiger partial charge in [0.2, 0.25) is 0 Å². The van der Waals surface area contributed by atoms with Crippen molar-refractivity contribution in [2.75, 3.05) is 0 Å². The van der Waals surface area contributed by atoms with E-state index >= 15 is 0 Å². The summed E-state index contributed by atoms with van der Waals surface area (Å²) in [4.78, 5) is 10.9. The summed E-state index contributed by atoms with van der Waals surface area (Å²) in [5.41, 5.74) is 2.51. The van der Waals surface area contributed by atoms with Crippen LogP contribution >= 0.6 is 0 Å². The summed E-state index contributed by atoms with van der Waals surface area (Å²) >= 11 is 0. The number of halogens is 2. The fraction of sp³-hybridized carbons (Fsp3) is 0.111. The van der Waals surface area contributed by atoms with Gasteiger partial charge >= 0.3 is 12.1 Å². The van der Waals surface area contributed by atoms with Crippen LogP contribution in [0.25, 0.3) is 16.8 Å². The lowest BCUT2D eigenvalue weighted by Crippen LogP contribution is -2.19. The van der Waals surface area contributed by atoms with Crippen molar-refractivity contribution in [3.8, 4) is 22.6 Å². The molecule has 3 aromatic rings. The van der Waals surface area contributed by atoms with Crippen molar-refractivity contribution in [2.24, 2.45) is 0 Å². The highest BCUT2D eigenvalue weighted by Gasteiger charge is 2.22. The largest absolute Gasteiger partial charge is 0.478 e. The van der Waals surface area contributed by atoms with Crippen LogP contribution in [0.4, 0.5) is 8.78 Å². The van der Waals surface area contributed by atoms with Gasteiger partial charge in [0, 0.05) is 18.7 Å². The van der Waals surface area contributed by atoms with Gasteiger partial charge in [-0.3, -0.25) is 0 Å². The van der Waals surface area contributed by atoms with E-state index in [2.05, 4.69) is 9.84 Å². The summed E-state index contributed by atoms with van der Waals surface area (Å²) in [5.74, 6) is -0.921. The molecule has 0 aliphatic rings. The summed E-state index contributed by atoms with van der Waals surface area (Å²) in [7, 11) is 0. The van der Waals surface area contributed by atoms with E-state index in [-0.39, 0.29) is 11.3 Å². The molecule has 128 valence electrons. The van der Waals surface area contributed by atoms with Crippen LogP contribution in [0.1, 0.15) is 17.3 Å². The maximum absolute atomic E-state index is 12.8. The van der Waals surface area contributed by atoms with Crippen LogP contribution < -0.4 is 4.74 Å². The third-order valence-corrected chi connectivity index (χ3v) is 3.45. The average molecular weight is 344 g/mol. The number of alkyl halides is 2. The van der Waals surface area contributed by atoms with Crippen molar-refractivity contribution >= 4 is 5.97 Å². The van der Waals surface area contributed by atoms with Gasteiger partial charge in [-0.15, -0.1) is 0 Å². The number of nitrogens with zero attached hydrogens (tertiary/aromatic N) is 2. The van der Waals surface area contributed by atoms with Crippen LogP contribution in [0.5, 0.6) is 5.75 Å². The van der Waals surface area contributed by atoms with E-state index in [1.54, 1.807) is 41.3 Å². The van der Waals surface area contributed by atoms with Crippen molar-refractivity contribution in [3.63, 3.8) is 0 Å². The Labute approximate surface area is 142 Å². The van der Waals surface area contributed by atoms with Gasteiger partial charge in [-0.05, 0) is 42.0 Å². The van der Waals surface area contributed by atoms with E-state index in [9.17, 15) is 13.6 Å². The Morgan fingerprint density at radius 3 is 2.28 bits per heavy atom. The molecule has 0 radical (unpaired) electrons. The van der Waals surface area contributed by atoms with Crippen molar-refractivity contribution in [3.05, 3.63) is 66.5 Å². The molecule has 0 fully saturated rings. The zero-order valence-electron chi connectivity index (χ0n) is 13.2. The van der Waals surface area contributed by atoms with Gasteiger partial charge < -0.3 is 9.84 Å². The van der Waals surface area contributed by atoms with E-state index < -0.39 is 12.1 Å². The van der Waals surface area contributed by atoms with Crippen molar-refractivity contribution in [2.45, 2.75) is 13.0 Å². The Bertz CT molecular complexity index is 882. The predicted molar refractivity (Wildman–Crippen MR) is 87.2 cm³/mol. The third kappa shape index (κ3) is 4.00. The molecule has 0 aliphatic heterocycles. The van der Waals surface area contributed by atoms with Gasteiger partial charge in [0.1, 0.15) is 5.75 Å². The fourth-order valence-corrected chi connectivity index (χ4v) is 2.29. The van der Waals surface area contributed by atoms with E-state index in [4.69, 9.17) is 5.11 Å². The minimum atomic E-state index is -3.23. The van der Waals surface area contributed by atoms with E-state index in [0.29, 0.717) is 12.6 Å². The van der Waals surface area contributed by atoms with Crippen LogP contribution in [0.2, 0.25) is 0 Å². The van der Waals surface area contributed by atoms with E-state index in [1.807, 2.05) is 0 Å². The molecular weight excluding hydrogens is 330 g/mol. The summed E-state index contributed by atoms with van der Waals surface area (Å²) in [6, 6.07) is 12.6. The Morgan fingerprint density at radius 1 is 1.08 bits per heavy atom. The number of carboxylic acids is 1. The standard InChI is InChI=1S/C18H14F2N2O3/c1-18(19,20)25-16-8-6-15(7-9-16)22-11-14(10-21-22)12-2-4-13(5-3-12)17(23)24/h2-11H,1H3,(H,23,24). The van der Waals surface area contributed by atoms with Crippen LogP contribution in [-0.4, -0.2) is 27.0 Å². The second-order valence-electron chi connectivity index (χ2n) is 5.46. The molecule has 1 aromatic heterocycles. The highest BCUT2D eigenvalue weighted by molar-refractivity contribution is 5.88. The molecule has 3 rings (SSSR count). The molecule has 0 unspecified atom stereocenters. The Balaban J connectivity index is 1.80. The molecule has 5 nitrogen and oxygen atoms in total. The second-order valence-corrected chi connectivity index (χ2v) is 5.46. The van der Waals surface area contributed by atoms with Crippen LogP contribution in [0.15, 0.2) is 60.9 Å². The van der Waals surface area contributed by atoms with Gasteiger partial charge in [0.25, 0.3) is 0 Å². The topological polar surface area (TPSA) is 64.3 Å². The number of rotatable bonds is 5. The van der Waals surface area contributed by atoms with E-state index in [1.165, 1.54) is 24.3 Å². The first-order chi connectivity index (χ1) is 11.8. The maximum Gasteiger partial charge on any atom is 0.394 e. The minimum absolute atomic E-state index is 0.0629. The van der Waals surface area contributed by atoms with Gasteiger partial charge in [-0.1, -0.05) is 12.1 Å². The van der Waals surface area contributed by atoms with Crippen molar-refractivity contribution in [1.29, 1.82) is 0 Å². The molecule has 0 saturated carbocycles. The van der Waals surface area contributed by atoms with Gasteiger partial charge in [0.15, 0.2) is 0 Å². The summed E-state index contributed by atoms with van der Waals surface area (Å²) in [6.07, 6.45) is 0.170. The number of carboxylic acid groups (broad SMARTS) is 1. The molecule has 1 N–H and O–H groups in total. The van der Waals surface area contributed by atoms with Crippen LogP contribution in [0.3, 0.4) is 0 Å². The van der Waals surface area contributed by atoms with Gasteiger partial charge in [-0.2, -0.15) is 13.9 Å². The molecule has 0 atom stereocenters. The Morgan fingerprint density at radius 2 is 1.72 bits per heavy atom. The maximum atomic E-state index is 12.8. The molecule has 2 aromatic carbocycles. The van der Waals surface area contributed by atoms with Gasteiger partial charge in [0.05, 0.1) is 17.4 Å². The normalized spacial score (nSPS) is 11.3. The summed E-state index contributed by atoms with van der Waals surface area (Å²) in [6.45, 7) is 0.677. The SMILES string of the molecule is CC(F)(F)Oc1ccc(-n2cc(-c3ccc(C(=O)O)cc3)cn2)cc1. The Kier molecular flexibility index (Phi) is 4.22. The van der Waals surface area contributed by atoms with Crippen LogP contribution in [0, 0.1) is 0 Å². The number of ether oxygens (including phenoxy) is 1. The first-order valence-electron chi connectivity index (χ1n) is 7.37.